The molecule has 0 fully saturated rings. The minimum atomic E-state index is -0.0364. The third-order valence-corrected chi connectivity index (χ3v) is 4.48. The van der Waals surface area contributed by atoms with E-state index in [1.54, 1.807) is 0 Å². The number of fused-ring (bicyclic) bond motifs is 1. The third kappa shape index (κ3) is 4.38. The number of nitrogens with one attached hydrogen (secondary N) is 1. The number of benzene rings is 2. The number of carbonyl (C=O) groups excluding carboxylic acids is 1. The van der Waals surface area contributed by atoms with Crippen LogP contribution in [-0.4, -0.2) is 15.3 Å². The minimum absolute atomic E-state index is 0.0364. The van der Waals surface area contributed by atoms with Gasteiger partial charge in [-0.1, -0.05) is 36.4 Å². The Hall–Kier alpha value is -3.60. The second kappa shape index (κ2) is 8.39. The van der Waals surface area contributed by atoms with Crippen molar-refractivity contribution in [2.45, 2.75) is 19.4 Å². The molecule has 0 saturated carbocycles. The molecule has 0 aliphatic heterocycles. The van der Waals surface area contributed by atoms with Crippen molar-refractivity contribution in [3.05, 3.63) is 96.6 Å². The summed E-state index contributed by atoms with van der Waals surface area (Å²) >= 11 is 0. The zero-order valence-electron chi connectivity index (χ0n) is 15.4. The summed E-state index contributed by atoms with van der Waals surface area (Å²) in [7, 11) is 0. The van der Waals surface area contributed by atoms with Crippen LogP contribution in [0.4, 0.5) is 5.69 Å². The number of hydrogen-bond acceptors (Lipinski definition) is 3. The van der Waals surface area contributed by atoms with Crippen molar-refractivity contribution in [2.75, 3.05) is 5.32 Å². The Bertz CT molecular complexity index is 1060. The van der Waals surface area contributed by atoms with E-state index in [-0.39, 0.29) is 5.91 Å². The second-order valence-corrected chi connectivity index (χ2v) is 6.52. The van der Waals surface area contributed by atoms with Gasteiger partial charge >= 0.3 is 0 Å². The van der Waals surface area contributed by atoms with Crippen molar-refractivity contribution in [1.82, 2.24) is 9.38 Å². The number of carbonyl (C=O) groups is 1. The van der Waals surface area contributed by atoms with Crippen molar-refractivity contribution < 1.29 is 9.53 Å². The lowest BCUT2D eigenvalue weighted by atomic mass is 10.2. The van der Waals surface area contributed by atoms with E-state index in [0.717, 1.165) is 28.3 Å². The molecule has 4 aromatic rings. The molecule has 5 heteroatoms. The van der Waals surface area contributed by atoms with Crippen molar-refractivity contribution in [3.8, 4) is 5.75 Å². The van der Waals surface area contributed by atoms with E-state index in [9.17, 15) is 4.79 Å². The van der Waals surface area contributed by atoms with E-state index in [0.29, 0.717) is 19.4 Å². The summed E-state index contributed by atoms with van der Waals surface area (Å²) in [6, 6.07) is 23.4. The number of hydrogen-bond donors (Lipinski definition) is 1. The topological polar surface area (TPSA) is 55.6 Å². The van der Waals surface area contributed by atoms with Crippen LogP contribution in [0, 0.1) is 0 Å². The molecule has 5 nitrogen and oxygen atoms in total. The van der Waals surface area contributed by atoms with Crippen LogP contribution in [0.1, 0.15) is 17.8 Å². The van der Waals surface area contributed by atoms with Gasteiger partial charge in [-0.15, -0.1) is 0 Å². The lowest BCUT2D eigenvalue weighted by Crippen LogP contribution is -2.13. The molecular formula is C23H21N3O2. The Labute approximate surface area is 163 Å². The Balaban J connectivity index is 1.28. The van der Waals surface area contributed by atoms with Crippen LogP contribution < -0.4 is 10.1 Å². The van der Waals surface area contributed by atoms with Gasteiger partial charge in [0, 0.05) is 24.7 Å². The lowest BCUT2D eigenvalue weighted by Gasteiger charge is -2.08. The summed E-state index contributed by atoms with van der Waals surface area (Å²) in [5, 5.41) is 2.92. The number of aromatic nitrogens is 2. The summed E-state index contributed by atoms with van der Waals surface area (Å²) < 4.78 is 7.77. The molecule has 0 atom stereocenters. The molecule has 2 heterocycles. The number of rotatable bonds is 7. The van der Waals surface area contributed by atoms with Crippen molar-refractivity contribution in [3.63, 3.8) is 0 Å². The highest BCUT2D eigenvalue weighted by Gasteiger charge is 2.07. The number of amides is 1. The first kappa shape index (κ1) is 17.8. The minimum Gasteiger partial charge on any atom is -0.489 e. The molecule has 0 spiro atoms. The van der Waals surface area contributed by atoms with Gasteiger partial charge < -0.3 is 14.5 Å². The normalized spacial score (nSPS) is 10.7. The average molecular weight is 371 g/mol. The molecule has 0 aliphatic rings. The highest BCUT2D eigenvalue weighted by atomic mass is 16.5. The molecule has 2 aromatic carbocycles. The van der Waals surface area contributed by atoms with Gasteiger partial charge in [-0.3, -0.25) is 4.79 Å². The standard InChI is InChI=1S/C23H21N3O2/c27-23(14-13-22-24-16-20-8-4-5-15-26(20)22)25-19-9-11-21(12-10-19)28-17-18-6-2-1-3-7-18/h1-12,15-16H,13-14,17H2,(H,25,27). The fraction of sp³-hybridized carbons (Fsp3) is 0.130. The molecule has 0 bridgehead atoms. The van der Waals surface area contributed by atoms with Gasteiger partial charge in [0.2, 0.25) is 5.91 Å². The zero-order chi connectivity index (χ0) is 19.2. The molecule has 0 saturated heterocycles. The SMILES string of the molecule is O=C(CCc1ncc2ccccn12)Nc1ccc(OCc2ccccc2)cc1. The Morgan fingerprint density at radius 1 is 0.964 bits per heavy atom. The predicted octanol–water partition coefficient (Wildman–Crippen LogP) is 4.48. The maximum absolute atomic E-state index is 12.3. The number of nitrogens with zero attached hydrogens (tertiary/aromatic N) is 2. The van der Waals surface area contributed by atoms with Gasteiger partial charge in [0.1, 0.15) is 18.2 Å². The number of ether oxygens (including phenoxy) is 1. The number of pyridine rings is 1. The molecule has 4 rings (SSSR count). The highest BCUT2D eigenvalue weighted by molar-refractivity contribution is 5.90. The largest absolute Gasteiger partial charge is 0.489 e. The zero-order valence-corrected chi connectivity index (χ0v) is 15.4. The molecule has 0 radical (unpaired) electrons. The molecule has 28 heavy (non-hydrogen) atoms. The van der Waals surface area contributed by atoms with Crippen LogP contribution in [0.2, 0.25) is 0 Å². The molecule has 1 amide bonds. The van der Waals surface area contributed by atoms with E-state index in [1.807, 2.05) is 89.6 Å². The van der Waals surface area contributed by atoms with E-state index >= 15 is 0 Å². The summed E-state index contributed by atoms with van der Waals surface area (Å²) in [5.74, 6) is 1.62. The van der Waals surface area contributed by atoms with Gasteiger partial charge in [0.05, 0.1) is 11.7 Å². The van der Waals surface area contributed by atoms with Gasteiger partial charge in [-0.05, 0) is 42.0 Å². The maximum atomic E-state index is 12.3. The van der Waals surface area contributed by atoms with E-state index in [4.69, 9.17) is 4.74 Å². The fourth-order valence-corrected chi connectivity index (χ4v) is 3.01. The van der Waals surface area contributed by atoms with Crippen LogP contribution in [0.25, 0.3) is 5.52 Å². The summed E-state index contributed by atoms with van der Waals surface area (Å²) in [4.78, 5) is 16.7. The molecule has 0 aliphatic carbocycles. The van der Waals surface area contributed by atoms with Crippen LogP contribution in [0.5, 0.6) is 5.75 Å². The Morgan fingerprint density at radius 2 is 1.75 bits per heavy atom. The first-order valence-corrected chi connectivity index (χ1v) is 9.25. The lowest BCUT2D eigenvalue weighted by molar-refractivity contribution is -0.116. The van der Waals surface area contributed by atoms with Gasteiger partial charge in [-0.25, -0.2) is 4.98 Å². The summed E-state index contributed by atoms with van der Waals surface area (Å²) in [6.45, 7) is 0.519. The van der Waals surface area contributed by atoms with Crippen LogP contribution in [0.15, 0.2) is 85.2 Å². The van der Waals surface area contributed by atoms with Crippen LogP contribution in [-0.2, 0) is 17.8 Å². The van der Waals surface area contributed by atoms with Crippen LogP contribution >= 0.6 is 0 Å². The van der Waals surface area contributed by atoms with E-state index in [1.165, 1.54) is 0 Å². The molecule has 140 valence electrons. The number of aryl methyl sites for hydroxylation is 1. The first-order valence-electron chi connectivity index (χ1n) is 9.25. The highest BCUT2D eigenvalue weighted by Crippen LogP contribution is 2.17. The van der Waals surface area contributed by atoms with Crippen molar-refractivity contribution in [2.24, 2.45) is 0 Å². The Morgan fingerprint density at radius 3 is 2.57 bits per heavy atom. The average Bonchev–Trinajstić information content (AvgIpc) is 3.16. The molecular weight excluding hydrogens is 350 g/mol. The fourth-order valence-electron chi connectivity index (χ4n) is 3.01. The summed E-state index contributed by atoms with van der Waals surface area (Å²) in [5.41, 5.74) is 2.90. The number of imidazole rings is 1. The van der Waals surface area contributed by atoms with Crippen LogP contribution in [0.3, 0.4) is 0 Å². The quantitative estimate of drug-likeness (QED) is 0.521. The Kier molecular flexibility index (Phi) is 5.33. The van der Waals surface area contributed by atoms with E-state index in [2.05, 4.69) is 10.3 Å². The van der Waals surface area contributed by atoms with Gasteiger partial charge in [-0.2, -0.15) is 0 Å². The molecule has 1 N–H and O–H groups in total. The van der Waals surface area contributed by atoms with Crippen molar-refractivity contribution in [1.29, 1.82) is 0 Å². The molecule has 2 aromatic heterocycles. The van der Waals surface area contributed by atoms with Gasteiger partial charge in [0.15, 0.2) is 0 Å². The maximum Gasteiger partial charge on any atom is 0.224 e. The molecule has 0 unspecified atom stereocenters. The van der Waals surface area contributed by atoms with Gasteiger partial charge in [0.25, 0.3) is 0 Å². The third-order valence-electron chi connectivity index (χ3n) is 4.48. The smallest absolute Gasteiger partial charge is 0.224 e. The first-order chi connectivity index (χ1) is 13.8. The second-order valence-electron chi connectivity index (χ2n) is 6.52. The summed E-state index contributed by atoms with van der Waals surface area (Å²) in [6.07, 6.45) is 4.74. The number of anilines is 1. The van der Waals surface area contributed by atoms with E-state index < -0.39 is 0 Å². The monoisotopic (exact) mass is 371 g/mol. The predicted molar refractivity (Wildman–Crippen MR) is 109 cm³/mol. The van der Waals surface area contributed by atoms with Crippen molar-refractivity contribution >= 4 is 17.1 Å².